The van der Waals surface area contributed by atoms with Gasteiger partial charge in [0.25, 0.3) is 0 Å². The molecule has 1 aliphatic heterocycles. The summed E-state index contributed by atoms with van der Waals surface area (Å²) in [4.78, 5) is 2.15. The van der Waals surface area contributed by atoms with Gasteiger partial charge in [0.2, 0.25) is 0 Å². The van der Waals surface area contributed by atoms with Gasteiger partial charge in [0.1, 0.15) is 0 Å². The summed E-state index contributed by atoms with van der Waals surface area (Å²) in [6.45, 7) is 7.86. The van der Waals surface area contributed by atoms with Crippen LogP contribution in [0.15, 0.2) is 12.1 Å². The molecule has 3 nitrogen and oxygen atoms in total. The highest BCUT2D eigenvalue weighted by molar-refractivity contribution is 5.38. The van der Waals surface area contributed by atoms with Crippen molar-refractivity contribution in [3.8, 4) is 0 Å². The first-order chi connectivity index (χ1) is 8.50. The van der Waals surface area contributed by atoms with Crippen LogP contribution in [0.3, 0.4) is 0 Å². The van der Waals surface area contributed by atoms with Crippen molar-refractivity contribution in [2.75, 3.05) is 24.7 Å². The number of halogens is 1. The van der Waals surface area contributed by atoms with Gasteiger partial charge in [-0.2, -0.15) is 5.10 Å². The van der Waals surface area contributed by atoms with Crippen molar-refractivity contribution in [3.05, 3.63) is 17.8 Å². The van der Waals surface area contributed by atoms with Gasteiger partial charge < -0.3 is 4.90 Å². The Kier molecular flexibility index (Phi) is 3.83. The highest BCUT2D eigenvalue weighted by Crippen LogP contribution is 2.24. The Morgan fingerprint density at radius 2 is 2.11 bits per heavy atom. The van der Waals surface area contributed by atoms with Crippen molar-refractivity contribution >= 4 is 5.82 Å². The fraction of sp³-hybridized carbons (Fsp3) is 0.714. The standard InChI is InChI=1S/C14H22FN3/c1-14(2,3)12-6-7-13(17-16-12)18-8-4-5-11(9-15)10-18/h6-7,11H,4-5,8-10H2,1-3H3. The van der Waals surface area contributed by atoms with Crippen LogP contribution in [0.5, 0.6) is 0 Å². The topological polar surface area (TPSA) is 29.0 Å². The summed E-state index contributed by atoms with van der Waals surface area (Å²) in [5, 5.41) is 8.58. The van der Waals surface area contributed by atoms with Gasteiger partial charge in [0, 0.05) is 24.4 Å². The minimum absolute atomic E-state index is 0.0227. The molecule has 0 radical (unpaired) electrons. The van der Waals surface area contributed by atoms with E-state index in [-0.39, 0.29) is 18.0 Å². The van der Waals surface area contributed by atoms with Gasteiger partial charge in [0.05, 0.1) is 12.4 Å². The molecule has 0 amide bonds. The number of anilines is 1. The molecule has 1 aromatic heterocycles. The average molecular weight is 251 g/mol. The van der Waals surface area contributed by atoms with Gasteiger partial charge in [-0.25, -0.2) is 0 Å². The minimum Gasteiger partial charge on any atom is -0.355 e. The number of hydrogen-bond acceptors (Lipinski definition) is 3. The molecular weight excluding hydrogens is 229 g/mol. The van der Waals surface area contributed by atoms with Crippen LogP contribution in [0.1, 0.15) is 39.3 Å². The Bertz CT molecular complexity index is 383. The number of aromatic nitrogens is 2. The molecule has 1 atom stereocenters. The molecule has 1 aliphatic rings. The molecule has 1 saturated heterocycles. The van der Waals surface area contributed by atoms with Crippen molar-refractivity contribution < 1.29 is 4.39 Å². The van der Waals surface area contributed by atoms with E-state index in [1.807, 2.05) is 12.1 Å². The van der Waals surface area contributed by atoms with Gasteiger partial charge in [-0.1, -0.05) is 20.8 Å². The molecule has 0 saturated carbocycles. The molecule has 100 valence electrons. The summed E-state index contributed by atoms with van der Waals surface area (Å²) >= 11 is 0. The summed E-state index contributed by atoms with van der Waals surface area (Å²) in [6, 6.07) is 4.04. The first-order valence-electron chi connectivity index (χ1n) is 6.66. The number of hydrogen-bond donors (Lipinski definition) is 0. The Morgan fingerprint density at radius 3 is 2.67 bits per heavy atom. The molecular formula is C14H22FN3. The van der Waals surface area contributed by atoms with Crippen LogP contribution in [-0.2, 0) is 5.41 Å². The van der Waals surface area contributed by atoms with Crippen LogP contribution >= 0.6 is 0 Å². The second kappa shape index (κ2) is 5.21. The first kappa shape index (κ1) is 13.2. The van der Waals surface area contributed by atoms with Gasteiger partial charge in [-0.05, 0) is 25.0 Å². The SMILES string of the molecule is CC(C)(C)c1ccc(N2CCCC(CF)C2)nn1. The molecule has 2 rings (SSSR count). The zero-order valence-electron chi connectivity index (χ0n) is 11.5. The fourth-order valence-electron chi connectivity index (χ4n) is 2.29. The molecule has 0 aromatic carbocycles. The van der Waals surface area contributed by atoms with E-state index in [4.69, 9.17) is 0 Å². The van der Waals surface area contributed by atoms with Crippen LogP contribution in [0.4, 0.5) is 10.2 Å². The summed E-state index contributed by atoms with van der Waals surface area (Å²) < 4.78 is 12.7. The molecule has 1 fully saturated rings. The molecule has 0 aliphatic carbocycles. The zero-order chi connectivity index (χ0) is 13.2. The minimum atomic E-state index is -0.232. The van der Waals surface area contributed by atoms with Gasteiger partial charge >= 0.3 is 0 Å². The van der Waals surface area contributed by atoms with Gasteiger partial charge in [0.15, 0.2) is 5.82 Å². The normalized spacial score (nSPS) is 21.1. The maximum Gasteiger partial charge on any atom is 0.151 e. The monoisotopic (exact) mass is 251 g/mol. The average Bonchev–Trinajstić information content (AvgIpc) is 2.38. The Morgan fingerprint density at radius 1 is 1.33 bits per heavy atom. The Balaban J connectivity index is 2.09. The molecule has 0 N–H and O–H groups in total. The van der Waals surface area contributed by atoms with Crippen LogP contribution < -0.4 is 4.90 Å². The molecule has 2 heterocycles. The van der Waals surface area contributed by atoms with E-state index in [1.165, 1.54) is 0 Å². The summed E-state index contributed by atoms with van der Waals surface area (Å²) in [5.74, 6) is 1.03. The van der Waals surface area contributed by atoms with E-state index in [0.717, 1.165) is 37.4 Å². The molecule has 0 spiro atoms. The zero-order valence-corrected chi connectivity index (χ0v) is 11.5. The summed E-state index contributed by atoms with van der Waals surface area (Å²) in [7, 11) is 0. The van der Waals surface area contributed by atoms with Crippen LogP contribution in [0.25, 0.3) is 0 Å². The van der Waals surface area contributed by atoms with E-state index in [0.29, 0.717) is 0 Å². The Labute approximate surface area is 108 Å². The van der Waals surface area contributed by atoms with Gasteiger partial charge in [-0.3, -0.25) is 4.39 Å². The maximum atomic E-state index is 12.7. The third kappa shape index (κ3) is 2.98. The van der Waals surface area contributed by atoms with Crippen molar-refractivity contribution in [2.24, 2.45) is 5.92 Å². The van der Waals surface area contributed by atoms with Gasteiger partial charge in [-0.15, -0.1) is 5.10 Å². The molecule has 18 heavy (non-hydrogen) atoms. The molecule has 1 aromatic rings. The lowest BCUT2D eigenvalue weighted by molar-refractivity contribution is 0.315. The van der Waals surface area contributed by atoms with Crippen LogP contribution in [0, 0.1) is 5.92 Å². The smallest absolute Gasteiger partial charge is 0.151 e. The lowest BCUT2D eigenvalue weighted by Crippen LogP contribution is -2.37. The molecule has 4 heteroatoms. The van der Waals surface area contributed by atoms with E-state index in [1.54, 1.807) is 0 Å². The quantitative estimate of drug-likeness (QED) is 0.809. The van der Waals surface area contributed by atoms with Crippen molar-refractivity contribution in [1.82, 2.24) is 10.2 Å². The highest BCUT2D eigenvalue weighted by atomic mass is 19.1. The van der Waals surface area contributed by atoms with E-state index in [2.05, 4.69) is 35.9 Å². The summed E-state index contributed by atoms with van der Waals surface area (Å²) in [5.41, 5.74) is 1.01. The lowest BCUT2D eigenvalue weighted by Gasteiger charge is -2.32. The number of piperidine rings is 1. The predicted octanol–water partition coefficient (Wildman–Crippen LogP) is 2.96. The summed E-state index contributed by atoms with van der Waals surface area (Å²) in [6.07, 6.45) is 2.03. The second-order valence-electron chi connectivity index (χ2n) is 6.14. The Hall–Kier alpha value is -1.19. The second-order valence-corrected chi connectivity index (χ2v) is 6.14. The predicted molar refractivity (Wildman–Crippen MR) is 71.6 cm³/mol. The lowest BCUT2D eigenvalue weighted by atomic mass is 9.92. The number of rotatable bonds is 2. The number of alkyl halides is 1. The number of nitrogens with zero attached hydrogens (tertiary/aromatic N) is 3. The third-order valence-electron chi connectivity index (χ3n) is 3.48. The molecule has 1 unspecified atom stereocenters. The van der Waals surface area contributed by atoms with Crippen LogP contribution in [0.2, 0.25) is 0 Å². The van der Waals surface area contributed by atoms with Crippen molar-refractivity contribution in [2.45, 2.75) is 39.0 Å². The highest BCUT2D eigenvalue weighted by Gasteiger charge is 2.22. The maximum absolute atomic E-state index is 12.7. The third-order valence-corrected chi connectivity index (χ3v) is 3.48. The van der Waals surface area contributed by atoms with E-state index in [9.17, 15) is 4.39 Å². The van der Waals surface area contributed by atoms with Crippen LogP contribution in [-0.4, -0.2) is 30.0 Å². The largest absolute Gasteiger partial charge is 0.355 e. The van der Waals surface area contributed by atoms with E-state index < -0.39 is 0 Å². The van der Waals surface area contributed by atoms with Crippen molar-refractivity contribution in [3.63, 3.8) is 0 Å². The molecule has 0 bridgehead atoms. The first-order valence-corrected chi connectivity index (χ1v) is 6.66. The van der Waals surface area contributed by atoms with E-state index >= 15 is 0 Å². The van der Waals surface area contributed by atoms with Crippen molar-refractivity contribution in [1.29, 1.82) is 0 Å². The fourth-order valence-corrected chi connectivity index (χ4v) is 2.29.